The van der Waals surface area contributed by atoms with Crippen LogP contribution in [-0.4, -0.2) is 10.7 Å². The van der Waals surface area contributed by atoms with E-state index in [1.165, 1.54) is 19.3 Å². The number of hydrogen-bond acceptors (Lipinski definition) is 1. The summed E-state index contributed by atoms with van der Waals surface area (Å²) in [5.41, 5.74) is -0.341. The van der Waals surface area contributed by atoms with Gasteiger partial charge in [0.05, 0.1) is 5.60 Å². The molecule has 0 aromatic rings. The van der Waals surface area contributed by atoms with Gasteiger partial charge < -0.3 is 5.11 Å². The van der Waals surface area contributed by atoms with Crippen molar-refractivity contribution in [1.29, 1.82) is 0 Å². The highest BCUT2D eigenvalue weighted by molar-refractivity contribution is 5.07. The van der Waals surface area contributed by atoms with Gasteiger partial charge in [0, 0.05) is 0 Å². The van der Waals surface area contributed by atoms with E-state index in [-0.39, 0.29) is 5.60 Å². The van der Waals surface area contributed by atoms with E-state index in [1.807, 2.05) is 0 Å². The van der Waals surface area contributed by atoms with E-state index in [0.29, 0.717) is 11.8 Å². The fraction of sp³-hybridized carbons (Fsp3) is 0.818. The quantitative estimate of drug-likeness (QED) is 0.548. The third kappa shape index (κ3) is 1.20. The molecule has 0 amide bonds. The van der Waals surface area contributed by atoms with Gasteiger partial charge >= 0.3 is 0 Å². The molecule has 1 nitrogen and oxygen atoms in total. The molecule has 0 aromatic heterocycles. The Balaban J connectivity index is 2.21. The van der Waals surface area contributed by atoms with E-state index in [4.69, 9.17) is 0 Å². The largest absolute Gasteiger partial charge is 0.389 e. The van der Waals surface area contributed by atoms with Gasteiger partial charge in [-0.05, 0) is 31.1 Å². The Kier molecular flexibility index (Phi) is 1.99. The van der Waals surface area contributed by atoms with Crippen molar-refractivity contribution >= 4 is 0 Å². The highest BCUT2D eigenvalue weighted by Gasteiger charge is 2.41. The number of fused-ring (bicyclic) bond motifs is 1. The highest BCUT2D eigenvalue weighted by Crippen LogP contribution is 2.43. The van der Waals surface area contributed by atoms with E-state index in [0.717, 1.165) is 12.8 Å². The van der Waals surface area contributed by atoms with Crippen molar-refractivity contribution in [3.05, 3.63) is 12.2 Å². The first kappa shape index (κ1) is 8.31. The number of hydrogen-bond donors (Lipinski definition) is 1. The summed E-state index contributed by atoms with van der Waals surface area (Å²) in [6.45, 7) is 2.23. The van der Waals surface area contributed by atoms with E-state index in [1.54, 1.807) is 0 Å². The van der Waals surface area contributed by atoms with Gasteiger partial charge in [0.15, 0.2) is 0 Å². The fourth-order valence-corrected chi connectivity index (χ4v) is 2.88. The van der Waals surface area contributed by atoms with Crippen molar-refractivity contribution in [3.8, 4) is 0 Å². The van der Waals surface area contributed by atoms with Crippen molar-refractivity contribution < 1.29 is 5.11 Å². The summed E-state index contributed by atoms with van der Waals surface area (Å²) in [5, 5.41) is 10.3. The minimum atomic E-state index is -0.341. The van der Waals surface area contributed by atoms with Crippen LogP contribution in [-0.2, 0) is 0 Å². The zero-order valence-electron chi connectivity index (χ0n) is 7.79. The van der Waals surface area contributed by atoms with Crippen molar-refractivity contribution in [1.82, 2.24) is 0 Å². The van der Waals surface area contributed by atoms with E-state index in [9.17, 15) is 5.11 Å². The Labute approximate surface area is 74.5 Å². The molecule has 0 saturated heterocycles. The summed E-state index contributed by atoms with van der Waals surface area (Å²) in [6.07, 6.45) is 10.1. The monoisotopic (exact) mass is 166 g/mol. The molecule has 1 saturated carbocycles. The normalized spacial score (nSPS) is 47.2. The molecular weight excluding hydrogens is 148 g/mol. The topological polar surface area (TPSA) is 20.2 Å². The third-order valence-corrected chi connectivity index (χ3v) is 3.61. The third-order valence-electron chi connectivity index (χ3n) is 3.61. The molecule has 12 heavy (non-hydrogen) atoms. The first-order valence-electron chi connectivity index (χ1n) is 5.11. The average molecular weight is 166 g/mol. The molecule has 0 heterocycles. The van der Waals surface area contributed by atoms with E-state index < -0.39 is 0 Å². The van der Waals surface area contributed by atoms with Crippen LogP contribution in [0.25, 0.3) is 0 Å². The van der Waals surface area contributed by atoms with Gasteiger partial charge in [-0.25, -0.2) is 0 Å². The molecule has 0 radical (unpaired) electrons. The zero-order valence-corrected chi connectivity index (χ0v) is 7.79. The summed E-state index contributed by atoms with van der Waals surface area (Å²) >= 11 is 0. The Bertz CT molecular complexity index is 197. The second kappa shape index (κ2) is 2.88. The van der Waals surface area contributed by atoms with Gasteiger partial charge in [-0.2, -0.15) is 0 Å². The SMILES string of the molecule is CC1C=CC[C@]2(O)CCCC[C@H]12. The van der Waals surface area contributed by atoms with Gasteiger partial charge in [-0.3, -0.25) is 0 Å². The van der Waals surface area contributed by atoms with Crippen LogP contribution >= 0.6 is 0 Å². The number of aliphatic hydroxyl groups is 1. The average Bonchev–Trinajstić information content (AvgIpc) is 2.04. The molecule has 2 aliphatic carbocycles. The van der Waals surface area contributed by atoms with Crippen LogP contribution < -0.4 is 0 Å². The van der Waals surface area contributed by atoms with E-state index in [2.05, 4.69) is 19.1 Å². The molecule has 0 aliphatic heterocycles. The standard InChI is InChI=1S/C11H18O/c1-9-5-4-8-11(12)7-3-2-6-10(9)11/h4-5,9-10,12H,2-3,6-8H2,1H3/t9?,10-,11-/m1/s1. The second-order valence-corrected chi connectivity index (χ2v) is 4.45. The van der Waals surface area contributed by atoms with Crippen LogP contribution in [0.15, 0.2) is 12.2 Å². The maximum Gasteiger partial charge on any atom is 0.0715 e. The summed E-state index contributed by atoms with van der Waals surface area (Å²) in [4.78, 5) is 0. The minimum absolute atomic E-state index is 0.341. The summed E-state index contributed by atoms with van der Waals surface area (Å²) < 4.78 is 0. The molecule has 1 fully saturated rings. The molecule has 0 spiro atoms. The Morgan fingerprint density at radius 2 is 2.25 bits per heavy atom. The maximum atomic E-state index is 10.3. The van der Waals surface area contributed by atoms with Gasteiger partial charge in [-0.15, -0.1) is 0 Å². The fourth-order valence-electron chi connectivity index (χ4n) is 2.88. The lowest BCUT2D eigenvalue weighted by atomic mass is 9.66. The lowest BCUT2D eigenvalue weighted by molar-refractivity contribution is -0.0643. The smallest absolute Gasteiger partial charge is 0.0715 e. The van der Waals surface area contributed by atoms with Crippen molar-refractivity contribution in [3.63, 3.8) is 0 Å². The molecule has 2 aliphatic rings. The molecule has 1 heteroatoms. The van der Waals surface area contributed by atoms with Crippen LogP contribution in [0.4, 0.5) is 0 Å². The molecule has 0 bridgehead atoms. The molecule has 2 rings (SSSR count). The molecule has 1 N–H and O–H groups in total. The Morgan fingerprint density at radius 3 is 3.00 bits per heavy atom. The molecular formula is C11H18O. The summed E-state index contributed by atoms with van der Waals surface area (Å²) in [7, 11) is 0. The maximum absolute atomic E-state index is 10.3. The van der Waals surface area contributed by atoms with Crippen LogP contribution in [0.1, 0.15) is 39.0 Å². The molecule has 0 aromatic carbocycles. The summed E-state index contributed by atoms with van der Waals surface area (Å²) in [5.74, 6) is 1.13. The number of rotatable bonds is 0. The van der Waals surface area contributed by atoms with Crippen molar-refractivity contribution in [2.75, 3.05) is 0 Å². The van der Waals surface area contributed by atoms with Crippen LogP contribution in [0.3, 0.4) is 0 Å². The molecule has 68 valence electrons. The zero-order chi connectivity index (χ0) is 8.60. The van der Waals surface area contributed by atoms with Crippen molar-refractivity contribution in [2.24, 2.45) is 11.8 Å². The molecule has 3 atom stereocenters. The first-order chi connectivity index (χ1) is 5.72. The minimum Gasteiger partial charge on any atom is -0.389 e. The van der Waals surface area contributed by atoms with Crippen LogP contribution in [0, 0.1) is 11.8 Å². The molecule has 1 unspecified atom stereocenters. The van der Waals surface area contributed by atoms with Gasteiger partial charge in [0.1, 0.15) is 0 Å². The van der Waals surface area contributed by atoms with Crippen LogP contribution in [0.5, 0.6) is 0 Å². The van der Waals surface area contributed by atoms with Gasteiger partial charge in [0.25, 0.3) is 0 Å². The predicted molar refractivity (Wildman–Crippen MR) is 49.8 cm³/mol. The predicted octanol–water partition coefficient (Wildman–Crippen LogP) is 2.50. The van der Waals surface area contributed by atoms with Gasteiger partial charge in [-0.1, -0.05) is 31.9 Å². The summed E-state index contributed by atoms with van der Waals surface area (Å²) in [6, 6.07) is 0. The van der Waals surface area contributed by atoms with Gasteiger partial charge in [0.2, 0.25) is 0 Å². The van der Waals surface area contributed by atoms with E-state index >= 15 is 0 Å². The lowest BCUT2D eigenvalue weighted by Gasteiger charge is -2.44. The number of allylic oxidation sites excluding steroid dienone is 1. The van der Waals surface area contributed by atoms with Crippen LogP contribution in [0.2, 0.25) is 0 Å². The Hall–Kier alpha value is -0.300. The second-order valence-electron chi connectivity index (χ2n) is 4.45. The lowest BCUT2D eigenvalue weighted by Crippen LogP contribution is -2.44. The highest BCUT2D eigenvalue weighted by atomic mass is 16.3. The Morgan fingerprint density at radius 1 is 1.42 bits per heavy atom. The first-order valence-corrected chi connectivity index (χ1v) is 5.11. The van der Waals surface area contributed by atoms with Crippen molar-refractivity contribution in [2.45, 2.75) is 44.6 Å².